The van der Waals surface area contributed by atoms with Crippen LogP contribution in [0.2, 0.25) is 0 Å². The highest BCUT2D eigenvalue weighted by molar-refractivity contribution is 5.94. The Hall–Kier alpha value is -2.57. The number of aliphatic imine (C=N–C) groups is 2. The Labute approximate surface area is 91.3 Å². The summed E-state index contributed by atoms with van der Waals surface area (Å²) in [4.78, 5) is 18.0. The second-order valence-corrected chi connectivity index (χ2v) is 2.86. The quantitative estimate of drug-likeness (QED) is 0.397. The SMILES string of the molecule is NC(N)=NC(N)=Nc1cccc(C(=O)O)c1. The molecule has 0 bridgehead atoms. The minimum Gasteiger partial charge on any atom is -0.478 e. The Kier molecular flexibility index (Phi) is 3.44. The highest BCUT2D eigenvalue weighted by Crippen LogP contribution is 2.13. The maximum Gasteiger partial charge on any atom is 0.335 e. The van der Waals surface area contributed by atoms with Crippen molar-refractivity contribution in [1.82, 2.24) is 0 Å². The van der Waals surface area contributed by atoms with E-state index in [-0.39, 0.29) is 17.5 Å². The minimum atomic E-state index is -1.04. The number of aromatic carboxylic acids is 1. The van der Waals surface area contributed by atoms with E-state index < -0.39 is 5.97 Å². The lowest BCUT2D eigenvalue weighted by molar-refractivity contribution is 0.0697. The fourth-order valence-corrected chi connectivity index (χ4v) is 0.998. The van der Waals surface area contributed by atoms with Gasteiger partial charge in [-0.2, -0.15) is 4.99 Å². The number of benzene rings is 1. The van der Waals surface area contributed by atoms with E-state index in [2.05, 4.69) is 9.98 Å². The Morgan fingerprint density at radius 2 is 1.94 bits per heavy atom. The molecule has 0 aliphatic carbocycles. The number of carboxylic acids is 1. The van der Waals surface area contributed by atoms with Crippen LogP contribution in [0.4, 0.5) is 5.69 Å². The van der Waals surface area contributed by atoms with Crippen LogP contribution in [-0.4, -0.2) is 23.0 Å². The summed E-state index contributed by atoms with van der Waals surface area (Å²) in [6.45, 7) is 0. The Bertz CT molecular complexity index is 463. The van der Waals surface area contributed by atoms with Gasteiger partial charge in [0.05, 0.1) is 11.3 Å². The van der Waals surface area contributed by atoms with Crippen LogP contribution in [-0.2, 0) is 0 Å². The van der Waals surface area contributed by atoms with E-state index in [0.29, 0.717) is 5.69 Å². The summed E-state index contributed by atoms with van der Waals surface area (Å²) >= 11 is 0. The smallest absolute Gasteiger partial charge is 0.335 e. The van der Waals surface area contributed by atoms with Gasteiger partial charge in [-0.15, -0.1) is 0 Å². The summed E-state index contributed by atoms with van der Waals surface area (Å²) in [5.41, 5.74) is 16.1. The summed E-state index contributed by atoms with van der Waals surface area (Å²) in [7, 11) is 0. The number of nitrogens with two attached hydrogens (primary N) is 3. The molecule has 7 N–H and O–H groups in total. The lowest BCUT2D eigenvalue weighted by atomic mass is 10.2. The van der Waals surface area contributed by atoms with Crippen molar-refractivity contribution in [1.29, 1.82) is 0 Å². The number of hydrogen-bond donors (Lipinski definition) is 4. The first-order chi connectivity index (χ1) is 7.49. The maximum atomic E-state index is 10.7. The van der Waals surface area contributed by atoms with Crippen LogP contribution in [0.25, 0.3) is 0 Å². The zero-order valence-corrected chi connectivity index (χ0v) is 8.29. The highest BCUT2D eigenvalue weighted by Gasteiger charge is 2.02. The van der Waals surface area contributed by atoms with E-state index in [0.717, 1.165) is 0 Å². The first-order valence-electron chi connectivity index (χ1n) is 4.26. The predicted octanol–water partition coefficient (Wildman–Crippen LogP) is -0.396. The first-order valence-corrected chi connectivity index (χ1v) is 4.26. The molecule has 0 radical (unpaired) electrons. The molecule has 0 aliphatic heterocycles. The molecular weight excluding hydrogens is 210 g/mol. The normalized spacial score (nSPS) is 10.9. The number of rotatable bonds is 2. The zero-order chi connectivity index (χ0) is 12.1. The molecule has 0 amide bonds. The van der Waals surface area contributed by atoms with Gasteiger partial charge in [0.15, 0.2) is 5.96 Å². The van der Waals surface area contributed by atoms with Crippen molar-refractivity contribution in [3.63, 3.8) is 0 Å². The lowest BCUT2D eigenvalue weighted by Gasteiger charge is -1.97. The van der Waals surface area contributed by atoms with Gasteiger partial charge in [-0.3, -0.25) is 0 Å². The summed E-state index contributed by atoms with van der Waals surface area (Å²) in [5.74, 6) is -1.39. The van der Waals surface area contributed by atoms with Crippen LogP contribution in [0.5, 0.6) is 0 Å². The van der Waals surface area contributed by atoms with Gasteiger partial charge in [0.2, 0.25) is 5.96 Å². The van der Waals surface area contributed by atoms with Crippen molar-refractivity contribution in [3.8, 4) is 0 Å². The fraction of sp³-hybridized carbons (Fsp3) is 0. The molecule has 1 aromatic rings. The number of guanidine groups is 2. The average Bonchev–Trinajstić information content (AvgIpc) is 2.16. The summed E-state index contributed by atoms with van der Waals surface area (Å²) in [5, 5.41) is 8.74. The third-order valence-corrected chi connectivity index (χ3v) is 1.58. The van der Waals surface area contributed by atoms with Gasteiger partial charge < -0.3 is 22.3 Å². The summed E-state index contributed by atoms with van der Waals surface area (Å²) < 4.78 is 0. The van der Waals surface area contributed by atoms with Crippen LogP contribution in [0, 0.1) is 0 Å². The largest absolute Gasteiger partial charge is 0.478 e. The Morgan fingerprint density at radius 1 is 1.25 bits per heavy atom. The van der Waals surface area contributed by atoms with Crippen LogP contribution in [0.3, 0.4) is 0 Å². The van der Waals surface area contributed by atoms with E-state index in [1.165, 1.54) is 12.1 Å². The van der Waals surface area contributed by atoms with Gasteiger partial charge in [-0.25, -0.2) is 9.79 Å². The van der Waals surface area contributed by atoms with Crippen molar-refractivity contribution in [2.75, 3.05) is 0 Å². The molecule has 7 nitrogen and oxygen atoms in total. The summed E-state index contributed by atoms with van der Waals surface area (Å²) in [6, 6.07) is 5.93. The van der Waals surface area contributed by atoms with Crippen LogP contribution >= 0.6 is 0 Å². The predicted molar refractivity (Wildman–Crippen MR) is 60.5 cm³/mol. The Morgan fingerprint density at radius 3 is 2.50 bits per heavy atom. The van der Waals surface area contributed by atoms with Crippen molar-refractivity contribution in [2.24, 2.45) is 27.2 Å². The molecule has 0 heterocycles. The molecule has 0 unspecified atom stereocenters. The second kappa shape index (κ2) is 4.78. The molecule has 1 aromatic carbocycles. The second-order valence-electron chi connectivity index (χ2n) is 2.86. The van der Waals surface area contributed by atoms with E-state index in [1.807, 2.05) is 0 Å². The van der Waals surface area contributed by atoms with Gasteiger partial charge in [-0.1, -0.05) is 6.07 Å². The van der Waals surface area contributed by atoms with Gasteiger partial charge >= 0.3 is 5.97 Å². The third-order valence-electron chi connectivity index (χ3n) is 1.58. The van der Waals surface area contributed by atoms with Crippen LogP contribution in [0.15, 0.2) is 34.3 Å². The fourth-order valence-electron chi connectivity index (χ4n) is 0.998. The molecule has 1 rings (SSSR count). The van der Waals surface area contributed by atoms with E-state index >= 15 is 0 Å². The molecule has 0 fully saturated rings. The molecule has 0 aliphatic rings. The molecule has 0 aromatic heterocycles. The van der Waals surface area contributed by atoms with Crippen molar-refractivity contribution >= 4 is 23.6 Å². The van der Waals surface area contributed by atoms with Crippen LogP contribution in [0.1, 0.15) is 10.4 Å². The number of nitrogens with zero attached hydrogens (tertiary/aromatic N) is 2. The van der Waals surface area contributed by atoms with Crippen LogP contribution < -0.4 is 17.2 Å². The number of carbonyl (C=O) groups is 1. The molecule has 0 atom stereocenters. The zero-order valence-electron chi connectivity index (χ0n) is 8.29. The molecule has 16 heavy (non-hydrogen) atoms. The standard InChI is InChI=1S/C9H11N5O2/c10-8(11)14-9(12)13-6-3-1-2-5(4-6)7(15)16/h1-4H,(H,15,16)(H6,10,11,12,13,14). The van der Waals surface area contributed by atoms with E-state index in [1.54, 1.807) is 12.1 Å². The van der Waals surface area contributed by atoms with Gasteiger partial charge in [0.1, 0.15) is 0 Å². The van der Waals surface area contributed by atoms with E-state index in [9.17, 15) is 4.79 Å². The van der Waals surface area contributed by atoms with Crippen molar-refractivity contribution < 1.29 is 9.90 Å². The number of carboxylic acid groups (broad SMARTS) is 1. The van der Waals surface area contributed by atoms with Gasteiger partial charge in [0.25, 0.3) is 0 Å². The third kappa shape index (κ3) is 3.29. The average molecular weight is 221 g/mol. The molecular formula is C9H11N5O2. The van der Waals surface area contributed by atoms with Gasteiger partial charge in [0, 0.05) is 0 Å². The molecule has 0 spiro atoms. The first kappa shape index (κ1) is 11.5. The number of hydrogen-bond acceptors (Lipinski definition) is 2. The lowest BCUT2D eigenvalue weighted by Crippen LogP contribution is -2.26. The topological polar surface area (TPSA) is 140 Å². The minimum absolute atomic E-state index is 0.110. The molecule has 84 valence electrons. The molecule has 7 heteroatoms. The van der Waals surface area contributed by atoms with Gasteiger partial charge in [-0.05, 0) is 18.2 Å². The van der Waals surface area contributed by atoms with E-state index in [4.69, 9.17) is 22.3 Å². The summed E-state index contributed by atoms with van der Waals surface area (Å²) in [6.07, 6.45) is 0. The molecule has 0 saturated carbocycles. The van der Waals surface area contributed by atoms with Crippen molar-refractivity contribution in [3.05, 3.63) is 29.8 Å². The highest BCUT2D eigenvalue weighted by atomic mass is 16.4. The Balaban J connectivity index is 3.02. The van der Waals surface area contributed by atoms with Crippen molar-refractivity contribution in [2.45, 2.75) is 0 Å². The maximum absolute atomic E-state index is 10.7. The molecule has 0 saturated heterocycles. The monoisotopic (exact) mass is 221 g/mol.